The molecule has 0 spiro atoms. The van der Waals surface area contributed by atoms with Gasteiger partial charge < -0.3 is 15.0 Å². The van der Waals surface area contributed by atoms with Crippen LogP contribution in [0.4, 0.5) is 5.69 Å². The minimum Gasteiger partial charge on any atom is -0.399 e. The summed E-state index contributed by atoms with van der Waals surface area (Å²) < 4.78 is 12.1. The van der Waals surface area contributed by atoms with Crippen LogP contribution in [-0.2, 0) is 9.31 Å². The Morgan fingerprint density at radius 1 is 1.14 bits per heavy atom. The van der Waals surface area contributed by atoms with Gasteiger partial charge in [0.2, 0.25) is 0 Å². The average Bonchev–Trinajstić information content (AvgIpc) is 3.15. The van der Waals surface area contributed by atoms with Crippen LogP contribution in [0.1, 0.15) is 46.1 Å². The molecule has 0 radical (unpaired) electrons. The lowest BCUT2D eigenvalue weighted by Gasteiger charge is -2.32. The fourth-order valence-electron chi connectivity index (χ4n) is 2.42. The molecule has 1 heterocycles. The normalized spacial score (nSPS) is 23.9. The maximum absolute atomic E-state index is 6.21. The molecule has 1 aromatic rings. The highest BCUT2D eigenvalue weighted by molar-refractivity contribution is 6.63. The van der Waals surface area contributed by atoms with Gasteiger partial charge in [-0.05, 0) is 58.1 Å². The van der Waals surface area contributed by atoms with E-state index < -0.39 is 7.12 Å². The summed E-state index contributed by atoms with van der Waals surface area (Å²) in [6.45, 7) is 8.21. The average molecular weight is 285 g/mol. The van der Waals surface area contributed by atoms with Gasteiger partial charge in [0.05, 0.1) is 11.2 Å². The van der Waals surface area contributed by atoms with Crippen molar-refractivity contribution in [3.05, 3.63) is 29.8 Å². The second-order valence-corrected chi connectivity index (χ2v) is 7.17. The van der Waals surface area contributed by atoms with E-state index in [0.29, 0.717) is 0 Å². The fourth-order valence-corrected chi connectivity index (χ4v) is 2.42. The Morgan fingerprint density at radius 2 is 1.76 bits per heavy atom. The van der Waals surface area contributed by atoms with Gasteiger partial charge in [-0.15, -0.1) is 0 Å². The summed E-state index contributed by atoms with van der Waals surface area (Å²) in [6, 6.07) is 6.10. The zero-order valence-electron chi connectivity index (χ0n) is 13.3. The minimum atomic E-state index is -0.392. The van der Waals surface area contributed by atoms with Crippen molar-refractivity contribution in [1.82, 2.24) is 0 Å². The first-order chi connectivity index (χ1) is 9.78. The molecule has 21 heavy (non-hydrogen) atoms. The van der Waals surface area contributed by atoms with Gasteiger partial charge in [0.15, 0.2) is 0 Å². The second-order valence-electron chi connectivity index (χ2n) is 7.17. The molecule has 112 valence electrons. The van der Waals surface area contributed by atoms with Gasteiger partial charge >= 0.3 is 7.12 Å². The zero-order valence-corrected chi connectivity index (χ0v) is 13.3. The van der Waals surface area contributed by atoms with Crippen molar-refractivity contribution >= 4 is 24.3 Å². The summed E-state index contributed by atoms with van der Waals surface area (Å²) in [5.41, 5.74) is 8.31. The summed E-state index contributed by atoms with van der Waals surface area (Å²) in [5, 5.41) is 0. The molecule has 0 aromatic heterocycles. The summed E-state index contributed by atoms with van der Waals surface area (Å²) in [6.07, 6.45) is 7.06. The predicted octanol–water partition coefficient (Wildman–Crippen LogP) is 2.99. The molecule has 3 nitrogen and oxygen atoms in total. The smallest absolute Gasteiger partial charge is 0.399 e. The third kappa shape index (κ3) is 2.88. The maximum Gasteiger partial charge on any atom is 0.496 e. The topological polar surface area (TPSA) is 44.5 Å². The Hall–Kier alpha value is -1.26. The molecule has 3 rings (SSSR count). The molecule has 2 aliphatic rings. The second kappa shape index (κ2) is 4.89. The van der Waals surface area contributed by atoms with Crippen LogP contribution in [-0.4, -0.2) is 18.3 Å². The molecule has 4 heteroatoms. The number of nitrogens with two attached hydrogens (primary N) is 1. The Kier molecular flexibility index (Phi) is 3.42. The summed E-state index contributed by atoms with van der Waals surface area (Å²) in [7, 11) is -0.392. The van der Waals surface area contributed by atoms with Crippen molar-refractivity contribution in [1.29, 1.82) is 0 Å². The number of rotatable bonds is 3. The third-order valence-corrected chi connectivity index (χ3v) is 4.80. The summed E-state index contributed by atoms with van der Waals surface area (Å²) >= 11 is 0. The molecule has 1 aliphatic heterocycles. The molecule has 1 aromatic carbocycles. The van der Waals surface area contributed by atoms with E-state index in [4.69, 9.17) is 15.0 Å². The number of hydrogen-bond acceptors (Lipinski definition) is 3. The van der Waals surface area contributed by atoms with Crippen molar-refractivity contribution in [2.45, 2.75) is 51.7 Å². The van der Waals surface area contributed by atoms with Gasteiger partial charge in [-0.3, -0.25) is 0 Å². The number of hydrogen-bond donors (Lipinski definition) is 1. The van der Waals surface area contributed by atoms with E-state index in [0.717, 1.165) is 22.6 Å². The van der Waals surface area contributed by atoms with Crippen LogP contribution in [0.2, 0.25) is 0 Å². The summed E-state index contributed by atoms with van der Waals surface area (Å²) in [4.78, 5) is 0. The van der Waals surface area contributed by atoms with Crippen LogP contribution < -0.4 is 11.2 Å². The van der Waals surface area contributed by atoms with Gasteiger partial charge in [0, 0.05) is 11.2 Å². The first-order valence-corrected chi connectivity index (χ1v) is 7.72. The Morgan fingerprint density at radius 3 is 2.29 bits per heavy atom. The third-order valence-electron chi connectivity index (χ3n) is 4.80. The van der Waals surface area contributed by atoms with E-state index >= 15 is 0 Å². The van der Waals surface area contributed by atoms with Crippen LogP contribution in [0.15, 0.2) is 24.3 Å². The summed E-state index contributed by atoms with van der Waals surface area (Å²) in [5.74, 6) is 0.772. The zero-order chi connectivity index (χ0) is 15.3. The maximum atomic E-state index is 6.21. The lowest BCUT2D eigenvalue weighted by molar-refractivity contribution is 0.00578. The van der Waals surface area contributed by atoms with Gasteiger partial charge in [-0.2, -0.15) is 0 Å². The molecule has 2 fully saturated rings. The molecule has 0 amide bonds. The van der Waals surface area contributed by atoms with Crippen molar-refractivity contribution in [3.8, 4) is 0 Å². The van der Waals surface area contributed by atoms with Crippen molar-refractivity contribution in [2.75, 3.05) is 5.73 Å². The highest BCUT2D eigenvalue weighted by Crippen LogP contribution is 2.37. The van der Waals surface area contributed by atoms with Gasteiger partial charge in [0.25, 0.3) is 0 Å². The first-order valence-electron chi connectivity index (χ1n) is 7.72. The Labute approximate surface area is 127 Å². The largest absolute Gasteiger partial charge is 0.496 e. The van der Waals surface area contributed by atoms with Crippen molar-refractivity contribution in [3.63, 3.8) is 0 Å². The minimum absolute atomic E-state index is 0.339. The number of anilines is 1. The lowest BCUT2D eigenvalue weighted by atomic mass is 9.77. The standard InChI is InChI=1S/C17H24BNO2/c1-16(2)17(3,4)21-18(20-16)14-10-9-13(11-15(14)19)8-7-12-5-6-12/h7-12H,5-6,19H2,1-4H3/b8-7+. The molecule has 1 saturated heterocycles. The highest BCUT2D eigenvalue weighted by Gasteiger charge is 2.52. The van der Waals surface area contributed by atoms with E-state index in [1.165, 1.54) is 12.8 Å². The Balaban J connectivity index is 1.80. The van der Waals surface area contributed by atoms with Crippen LogP contribution in [0.3, 0.4) is 0 Å². The van der Waals surface area contributed by atoms with Crippen LogP contribution in [0.25, 0.3) is 6.08 Å². The predicted molar refractivity (Wildman–Crippen MR) is 88.3 cm³/mol. The molecule has 2 N–H and O–H groups in total. The molecule has 0 unspecified atom stereocenters. The SMILES string of the molecule is CC1(C)OB(c2ccc(/C=C/C3CC3)cc2N)OC1(C)C. The molecular weight excluding hydrogens is 261 g/mol. The number of allylic oxidation sites excluding steroid dienone is 1. The van der Waals surface area contributed by atoms with E-state index in [1.54, 1.807) is 0 Å². The highest BCUT2D eigenvalue weighted by atomic mass is 16.7. The van der Waals surface area contributed by atoms with Gasteiger partial charge in [0.1, 0.15) is 0 Å². The fraction of sp³-hybridized carbons (Fsp3) is 0.529. The van der Waals surface area contributed by atoms with Crippen LogP contribution >= 0.6 is 0 Å². The van der Waals surface area contributed by atoms with E-state index in [-0.39, 0.29) is 11.2 Å². The van der Waals surface area contributed by atoms with Crippen LogP contribution in [0.5, 0.6) is 0 Å². The van der Waals surface area contributed by atoms with Crippen molar-refractivity contribution in [2.24, 2.45) is 5.92 Å². The number of nitrogen functional groups attached to an aromatic ring is 1. The molecular formula is C17H24BNO2. The molecule has 1 aliphatic carbocycles. The van der Waals surface area contributed by atoms with E-state index in [1.807, 2.05) is 12.1 Å². The first kappa shape index (κ1) is 14.7. The molecule has 1 saturated carbocycles. The Bertz CT molecular complexity index is 560. The monoisotopic (exact) mass is 285 g/mol. The molecule has 0 bridgehead atoms. The van der Waals surface area contributed by atoms with Gasteiger partial charge in [-0.1, -0.05) is 24.3 Å². The quantitative estimate of drug-likeness (QED) is 0.686. The number of benzene rings is 1. The van der Waals surface area contributed by atoms with Gasteiger partial charge in [-0.25, -0.2) is 0 Å². The van der Waals surface area contributed by atoms with Crippen LogP contribution in [0, 0.1) is 5.92 Å². The van der Waals surface area contributed by atoms with E-state index in [9.17, 15) is 0 Å². The van der Waals surface area contributed by atoms with E-state index in [2.05, 4.69) is 45.9 Å². The molecule has 0 atom stereocenters. The van der Waals surface area contributed by atoms with Crippen molar-refractivity contribution < 1.29 is 9.31 Å². The lowest BCUT2D eigenvalue weighted by Crippen LogP contribution is -2.41.